The third-order valence-electron chi connectivity index (χ3n) is 5.59. The number of hydrogen-bond donors (Lipinski definition) is 0. The van der Waals surface area contributed by atoms with E-state index in [0.717, 1.165) is 13.1 Å². The van der Waals surface area contributed by atoms with Crippen LogP contribution in [0.2, 0.25) is 0 Å². The molecule has 0 saturated carbocycles. The Labute approximate surface area is 163 Å². The van der Waals surface area contributed by atoms with Crippen molar-refractivity contribution in [3.05, 3.63) is 29.8 Å². The lowest BCUT2D eigenvalue weighted by Crippen LogP contribution is -2.45. The summed E-state index contributed by atoms with van der Waals surface area (Å²) in [6.45, 7) is 5.68. The van der Waals surface area contributed by atoms with Crippen molar-refractivity contribution in [2.24, 2.45) is 0 Å². The zero-order valence-electron chi connectivity index (χ0n) is 16.4. The Morgan fingerprint density at radius 2 is 1.93 bits per heavy atom. The summed E-state index contributed by atoms with van der Waals surface area (Å²) in [5.41, 5.74) is 2.50. The van der Waals surface area contributed by atoms with Crippen LogP contribution in [-0.4, -0.2) is 74.9 Å². The van der Waals surface area contributed by atoms with Crippen LogP contribution in [0, 0.1) is 0 Å². The molecule has 1 amide bonds. The van der Waals surface area contributed by atoms with Crippen molar-refractivity contribution in [3.63, 3.8) is 0 Å². The first kappa shape index (κ1) is 20.1. The number of rotatable bonds is 7. The highest BCUT2D eigenvalue weighted by Crippen LogP contribution is 2.25. The van der Waals surface area contributed by atoms with Gasteiger partial charge in [0.1, 0.15) is 0 Å². The molecule has 0 unspecified atom stereocenters. The fraction of sp³-hybridized carbons (Fsp3) is 0.650. The summed E-state index contributed by atoms with van der Waals surface area (Å²) in [4.78, 5) is 19.0. The van der Waals surface area contributed by atoms with Gasteiger partial charge in [-0.25, -0.2) is 8.42 Å². The van der Waals surface area contributed by atoms with E-state index in [9.17, 15) is 13.2 Å². The molecule has 0 N–H and O–H groups in total. The number of carbonyl (C=O) groups excluding carboxylic acids is 1. The average molecular weight is 394 g/mol. The molecule has 1 aromatic carbocycles. The van der Waals surface area contributed by atoms with E-state index in [1.165, 1.54) is 24.1 Å². The van der Waals surface area contributed by atoms with Crippen LogP contribution >= 0.6 is 0 Å². The maximum atomic E-state index is 12.8. The highest BCUT2D eigenvalue weighted by atomic mass is 32.2. The molecule has 0 aromatic heterocycles. The van der Waals surface area contributed by atoms with Crippen LogP contribution < -0.4 is 4.90 Å². The summed E-state index contributed by atoms with van der Waals surface area (Å²) >= 11 is 0. The summed E-state index contributed by atoms with van der Waals surface area (Å²) in [5, 5.41) is 0. The van der Waals surface area contributed by atoms with Gasteiger partial charge in [0.2, 0.25) is 5.91 Å². The third-order valence-corrected chi connectivity index (χ3v) is 7.34. The summed E-state index contributed by atoms with van der Waals surface area (Å²) in [7, 11) is -1.03. The van der Waals surface area contributed by atoms with E-state index < -0.39 is 9.84 Å². The van der Waals surface area contributed by atoms with Crippen molar-refractivity contribution in [2.45, 2.75) is 38.8 Å². The van der Waals surface area contributed by atoms with Gasteiger partial charge in [-0.15, -0.1) is 0 Å². The molecular formula is C20H31N3O3S. The molecule has 2 aliphatic heterocycles. The molecule has 2 aliphatic rings. The Hall–Kier alpha value is -1.60. The summed E-state index contributed by atoms with van der Waals surface area (Å²) in [5.74, 6) is 0.315. The quantitative estimate of drug-likeness (QED) is 0.706. The Morgan fingerprint density at radius 3 is 2.56 bits per heavy atom. The average Bonchev–Trinajstić information content (AvgIpc) is 3.26. The van der Waals surface area contributed by atoms with E-state index in [1.54, 1.807) is 4.90 Å². The zero-order chi connectivity index (χ0) is 19.4. The second-order valence-electron chi connectivity index (χ2n) is 7.73. The maximum absolute atomic E-state index is 12.8. The molecule has 1 atom stereocenters. The van der Waals surface area contributed by atoms with Gasteiger partial charge in [-0.2, -0.15) is 0 Å². The molecule has 1 aromatic rings. The first-order chi connectivity index (χ1) is 12.9. The van der Waals surface area contributed by atoms with Crippen LogP contribution in [0.25, 0.3) is 0 Å². The molecule has 0 spiro atoms. The summed E-state index contributed by atoms with van der Waals surface area (Å²) in [6.07, 6.45) is 3.03. The number of para-hydroxylation sites is 1. The summed E-state index contributed by atoms with van der Waals surface area (Å²) < 4.78 is 23.5. The van der Waals surface area contributed by atoms with Crippen LogP contribution in [0.1, 0.15) is 31.7 Å². The van der Waals surface area contributed by atoms with Crippen molar-refractivity contribution >= 4 is 21.4 Å². The van der Waals surface area contributed by atoms with Gasteiger partial charge >= 0.3 is 0 Å². The number of likely N-dealkylation sites (N-methyl/N-ethyl adjacent to an activating group) is 2. The first-order valence-corrected chi connectivity index (χ1v) is 11.7. The van der Waals surface area contributed by atoms with Gasteiger partial charge in [0.15, 0.2) is 9.84 Å². The lowest BCUT2D eigenvalue weighted by Gasteiger charge is -2.29. The van der Waals surface area contributed by atoms with E-state index in [-0.39, 0.29) is 23.5 Å². The van der Waals surface area contributed by atoms with Crippen molar-refractivity contribution in [1.82, 2.24) is 9.80 Å². The number of carbonyl (C=O) groups is 1. The monoisotopic (exact) mass is 393 g/mol. The molecule has 2 heterocycles. The Balaban J connectivity index is 1.62. The Kier molecular flexibility index (Phi) is 6.42. The molecule has 2 fully saturated rings. The predicted octanol–water partition coefficient (Wildman–Crippen LogP) is 1.75. The van der Waals surface area contributed by atoms with Gasteiger partial charge in [0.05, 0.1) is 18.1 Å². The fourth-order valence-electron chi connectivity index (χ4n) is 4.24. The minimum absolute atomic E-state index is 0.0146. The molecule has 3 rings (SSSR count). The van der Waals surface area contributed by atoms with E-state index in [2.05, 4.69) is 23.1 Å². The highest BCUT2D eigenvalue weighted by molar-refractivity contribution is 7.91. The van der Waals surface area contributed by atoms with Gasteiger partial charge in [-0.1, -0.05) is 18.2 Å². The molecule has 0 bridgehead atoms. The predicted molar refractivity (Wildman–Crippen MR) is 109 cm³/mol. The van der Waals surface area contributed by atoms with E-state index in [0.29, 0.717) is 26.1 Å². The van der Waals surface area contributed by atoms with Crippen molar-refractivity contribution < 1.29 is 13.2 Å². The van der Waals surface area contributed by atoms with Crippen LogP contribution in [0.5, 0.6) is 0 Å². The lowest BCUT2D eigenvalue weighted by atomic mass is 10.1. The second-order valence-corrected chi connectivity index (χ2v) is 9.96. The normalized spacial score (nSPS) is 21.7. The van der Waals surface area contributed by atoms with Gasteiger partial charge in [-0.3, -0.25) is 9.69 Å². The molecule has 0 radical (unpaired) electrons. The first-order valence-electron chi connectivity index (χ1n) is 9.91. The van der Waals surface area contributed by atoms with Gasteiger partial charge < -0.3 is 9.80 Å². The van der Waals surface area contributed by atoms with Crippen LogP contribution in [0.3, 0.4) is 0 Å². The van der Waals surface area contributed by atoms with Crippen molar-refractivity contribution in [2.75, 3.05) is 49.6 Å². The minimum atomic E-state index is -2.99. The van der Waals surface area contributed by atoms with E-state index in [4.69, 9.17) is 0 Å². The van der Waals surface area contributed by atoms with Crippen molar-refractivity contribution in [1.29, 1.82) is 0 Å². The van der Waals surface area contributed by atoms with Crippen LogP contribution in [-0.2, 0) is 21.2 Å². The molecular weight excluding hydrogens is 362 g/mol. The lowest BCUT2D eigenvalue weighted by molar-refractivity contribution is -0.133. The standard InChI is InChI=1S/C20H31N3O3S/c1-3-23(18-10-13-27(25,26)16-18)20(24)15-21(2)14-17-8-4-5-9-19(17)22-11-6-7-12-22/h4-5,8-9,18H,3,6-7,10-16H2,1-2H3/t18-/m0/s1. The Bertz CT molecular complexity index is 759. The number of sulfone groups is 1. The number of hydrogen-bond acceptors (Lipinski definition) is 5. The number of nitrogens with zero attached hydrogens (tertiary/aromatic N) is 3. The largest absolute Gasteiger partial charge is 0.371 e. The van der Waals surface area contributed by atoms with Crippen LogP contribution in [0.4, 0.5) is 5.69 Å². The topological polar surface area (TPSA) is 60.9 Å². The molecule has 27 heavy (non-hydrogen) atoms. The van der Waals surface area contributed by atoms with E-state index in [1.807, 2.05) is 24.9 Å². The van der Waals surface area contributed by atoms with Gasteiger partial charge in [-0.05, 0) is 44.9 Å². The molecule has 6 nitrogen and oxygen atoms in total. The molecule has 2 saturated heterocycles. The maximum Gasteiger partial charge on any atom is 0.237 e. The fourth-order valence-corrected chi connectivity index (χ4v) is 5.97. The zero-order valence-corrected chi connectivity index (χ0v) is 17.2. The highest BCUT2D eigenvalue weighted by Gasteiger charge is 2.34. The number of amides is 1. The third kappa shape index (κ3) is 5.02. The second kappa shape index (κ2) is 8.61. The number of anilines is 1. The Morgan fingerprint density at radius 1 is 1.22 bits per heavy atom. The SMILES string of the molecule is CCN(C(=O)CN(C)Cc1ccccc1N1CCCC1)[C@H]1CCS(=O)(=O)C1. The molecule has 0 aliphatic carbocycles. The molecule has 7 heteroatoms. The smallest absolute Gasteiger partial charge is 0.237 e. The van der Waals surface area contributed by atoms with Gasteiger partial charge in [0, 0.05) is 37.9 Å². The van der Waals surface area contributed by atoms with E-state index >= 15 is 0 Å². The summed E-state index contributed by atoms with van der Waals surface area (Å²) in [6, 6.07) is 8.25. The van der Waals surface area contributed by atoms with Crippen LogP contribution in [0.15, 0.2) is 24.3 Å². The molecule has 150 valence electrons. The number of benzene rings is 1. The minimum Gasteiger partial charge on any atom is -0.371 e. The van der Waals surface area contributed by atoms with Gasteiger partial charge in [0.25, 0.3) is 0 Å². The van der Waals surface area contributed by atoms with Crippen molar-refractivity contribution in [3.8, 4) is 0 Å².